The van der Waals surface area contributed by atoms with E-state index in [2.05, 4.69) is 4.90 Å². The summed E-state index contributed by atoms with van der Waals surface area (Å²) >= 11 is 0. The molecule has 0 radical (unpaired) electrons. The lowest BCUT2D eigenvalue weighted by atomic mass is 10.2. The number of hydrogen-bond acceptors (Lipinski definition) is 3. The molecule has 116 valence electrons. The van der Waals surface area contributed by atoms with Crippen molar-refractivity contribution in [2.75, 3.05) is 19.1 Å². The number of methoxy groups -OCH3 is 1. The van der Waals surface area contributed by atoms with E-state index >= 15 is 0 Å². The van der Waals surface area contributed by atoms with Gasteiger partial charge in [-0.15, -0.1) is 0 Å². The molecule has 3 heteroatoms. The largest absolute Gasteiger partial charge is 0.497 e. The van der Waals surface area contributed by atoms with Crippen LogP contribution < -0.4 is 14.4 Å². The second-order valence-electron chi connectivity index (χ2n) is 5.17. The predicted molar refractivity (Wildman–Crippen MR) is 94.0 cm³/mol. The van der Waals surface area contributed by atoms with Gasteiger partial charge in [-0.25, -0.2) is 0 Å². The fourth-order valence-corrected chi connectivity index (χ4v) is 2.32. The van der Waals surface area contributed by atoms with E-state index in [4.69, 9.17) is 9.47 Å². The molecule has 0 spiro atoms. The highest BCUT2D eigenvalue weighted by molar-refractivity contribution is 5.63. The minimum atomic E-state index is 0.822. The molecule has 0 saturated carbocycles. The summed E-state index contributed by atoms with van der Waals surface area (Å²) in [5.74, 6) is 2.51. The Morgan fingerprint density at radius 2 is 1.09 bits per heavy atom. The molecule has 0 amide bonds. The highest BCUT2D eigenvalue weighted by Crippen LogP contribution is 2.28. The van der Waals surface area contributed by atoms with E-state index in [1.807, 2.05) is 85.9 Å². The maximum atomic E-state index is 5.81. The quantitative estimate of drug-likeness (QED) is 0.642. The zero-order valence-electron chi connectivity index (χ0n) is 13.3. The van der Waals surface area contributed by atoms with Crippen LogP contribution in [0, 0.1) is 0 Å². The van der Waals surface area contributed by atoms with Crippen LogP contribution >= 0.6 is 0 Å². The number of nitrogens with zero attached hydrogens (tertiary/aromatic N) is 1. The van der Waals surface area contributed by atoms with Crippen molar-refractivity contribution in [2.45, 2.75) is 0 Å². The lowest BCUT2D eigenvalue weighted by Gasteiger charge is -2.20. The minimum Gasteiger partial charge on any atom is -0.497 e. The van der Waals surface area contributed by atoms with Crippen LogP contribution in [0.3, 0.4) is 0 Å². The fourth-order valence-electron chi connectivity index (χ4n) is 2.32. The first-order valence-corrected chi connectivity index (χ1v) is 7.47. The zero-order valence-corrected chi connectivity index (χ0v) is 13.3. The first kappa shape index (κ1) is 15.0. The first-order valence-electron chi connectivity index (χ1n) is 7.47. The van der Waals surface area contributed by atoms with Crippen molar-refractivity contribution in [3.05, 3.63) is 78.9 Å². The van der Waals surface area contributed by atoms with Crippen LogP contribution in [-0.4, -0.2) is 14.2 Å². The van der Waals surface area contributed by atoms with Gasteiger partial charge in [-0.1, -0.05) is 18.2 Å². The van der Waals surface area contributed by atoms with Crippen LogP contribution in [-0.2, 0) is 0 Å². The molecule has 0 aliphatic heterocycles. The topological polar surface area (TPSA) is 21.7 Å². The number of rotatable bonds is 5. The summed E-state index contributed by atoms with van der Waals surface area (Å²) in [6.07, 6.45) is 0. The van der Waals surface area contributed by atoms with E-state index in [9.17, 15) is 0 Å². The van der Waals surface area contributed by atoms with Crippen LogP contribution in [0.2, 0.25) is 0 Å². The van der Waals surface area contributed by atoms with Crippen molar-refractivity contribution in [2.24, 2.45) is 0 Å². The standard InChI is InChI=1S/C20H19NO2/c1-21(16-8-12-18(22-2)13-9-16)17-10-14-20(15-11-17)23-19-6-4-3-5-7-19/h3-15H,1-2H3. The molecule has 23 heavy (non-hydrogen) atoms. The average molecular weight is 305 g/mol. The van der Waals surface area contributed by atoms with Crippen LogP contribution in [0.25, 0.3) is 0 Å². The van der Waals surface area contributed by atoms with Crippen molar-refractivity contribution in [1.29, 1.82) is 0 Å². The molecule has 3 nitrogen and oxygen atoms in total. The van der Waals surface area contributed by atoms with E-state index in [-0.39, 0.29) is 0 Å². The third-order valence-corrected chi connectivity index (χ3v) is 3.66. The summed E-state index contributed by atoms with van der Waals surface area (Å²) in [7, 11) is 3.71. The zero-order chi connectivity index (χ0) is 16.1. The maximum absolute atomic E-state index is 5.81. The normalized spacial score (nSPS) is 10.2. The summed E-state index contributed by atoms with van der Waals surface area (Å²) in [5.41, 5.74) is 2.19. The Morgan fingerprint density at radius 1 is 0.609 bits per heavy atom. The second kappa shape index (κ2) is 6.88. The predicted octanol–water partition coefficient (Wildman–Crippen LogP) is 5.26. The van der Waals surface area contributed by atoms with E-state index in [1.165, 1.54) is 0 Å². The lowest BCUT2D eigenvalue weighted by Crippen LogP contribution is -2.08. The monoisotopic (exact) mass is 305 g/mol. The van der Waals surface area contributed by atoms with E-state index in [1.54, 1.807) is 7.11 Å². The van der Waals surface area contributed by atoms with Crippen LogP contribution in [0.5, 0.6) is 17.2 Å². The van der Waals surface area contributed by atoms with Gasteiger partial charge in [0, 0.05) is 18.4 Å². The van der Waals surface area contributed by atoms with Crippen molar-refractivity contribution in [3.63, 3.8) is 0 Å². The van der Waals surface area contributed by atoms with Gasteiger partial charge in [-0.3, -0.25) is 0 Å². The average Bonchev–Trinajstić information content (AvgIpc) is 2.63. The van der Waals surface area contributed by atoms with E-state index < -0.39 is 0 Å². The van der Waals surface area contributed by atoms with Crippen LogP contribution in [0.4, 0.5) is 11.4 Å². The van der Waals surface area contributed by atoms with Gasteiger partial charge in [-0.05, 0) is 60.7 Å². The van der Waals surface area contributed by atoms with Gasteiger partial charge in [0.25, 0.3) is 0 Å². The first-order chi connectivity index (χ1) is 11.3. The van der Waals surface area contributed by atoms with Crippen molar-refractivity contribution in [1.82, 2.24) is 0 Å². The number of hydrogen-bond donors (Lipinski definition) is 0. The molecule has 0 unspecified atom stereocenters. The van der Waals surface area contributed by atoms with E-state index in [0.717, 1.165) is 28.6 Å². The number of anilines is 2. The molecule has 0 bridgehead atoms. The third kappa shape index (κ3) is 3.64. The van der Waals surface area contributed by atoms with Crippen LogP contribution in [0.15, 0.2) is 78.9 Å². The van der Waals surface area contributed by atoms with Gasteiger partial charge in [0.1, 0.15) is 17.2 Å². The molecule has 3 rings (SSSR count). The van der Waals surface area contributed by atoms with Gasteiger partial charge in [-0.2, -0.15) is 0 Å². The van der Waals surface area contributed by atoms with Crippen molar-refractivity contribution >= 4 is 11.4 Å². The number of ether oxygens (including phenoxy) is 2. The van der Waals surface area contributed by atoms with Gasteiger partial charge < -0.3 is 14.4 Å². The molecule has 0 atom stereocenters. The molecule has 3 aromatic rings. The Morgan fingerprint density at radius 3 is 1.61 bits per heavy atom. The molecular formula is C20H19NO2. The SMILES string of the molecule is COc1ccc(N(C)c2ccc(Oc3ccccc3)cc2)cc1. The van der Waals surface area contributed by atoms with Crippen molar-refractivity contribution < 1.29 is 9.47 Å². The summed E-state index contributed by atoms with van der Waals surface area (Å²) in [6.45, 7) is 0. The molecule has 0 aromatic heterocycles. The van der Waals surface area contributed by atoms with Gasteiger partial charge in [0.2, 0.25) is 0 Å². The summed E-state index contributed by atoms with van der Waals surface area (Å²) < 4.78 is 11.0. The number of para-hydroxylation sites is 1. The molecular weight excluding hydrogens is 286 g/mol. The Balaban J connectivity index is 1.73. The summed E-state index contributed by atoms with van der Waals surface area (Å²) in [5, 5.41) is 0. The van der Waals surface area contributed by atoms with Crippen molar-refractivity contribution in [3.8, 4) is 17.2 Å². The summed E-state index contributed by atoms with van der Waals surface area (Å²) in [4.78, 5) is 2.12. The Hall–Kier alpha value is -2.94. The third-order valence-electron chi connectivity index (χ3n) is 3.66. The molecule has 0 saturated heterocycles. The second-order valence-corrected chi connectivity index (χ2v) is 5.17. The minimum absolute atomic E-state index is 0.822. The summed E-state index contributed by atoms with van der Waals surface area (Å²) in [6, 6.07) is 25.8. The van der Waals surface area contributed by atoms with Crippen LogP contribution in [0.1, 0.15) is 0 Å². The molecule has 0 aliphatic carbocycles. The van der Waals surface area contributed by atoms with Gasteiger partial charge in [0.15, 0.2) is 0 Å². The highest BCUT2D eigenvalue weighted by Gasteiger charge is 2.05. The van der Waals surface area contributed by atoms with Gasteiger partial charge >= 0.3 is 0 Å². The Labute approximate surface area is 136 Å². The fraction of sp³-hybridized carbons (Fsp3) is 0.100. The smallest absolute Gasteiger partial charge is 0.127 e. The number of benzene rings is 3. The molecule has 0 fully saturated rings. The van der Waals surface area contributed by atoms with Gasteiger partial charge in [0.05, 0.1) is 7.11 Å². The Kier molecular flexibility index (Phi) is 4.48. The van der Waals surface area contributed by atoms with E-state index in [0.29, 0.717) is 0 Å². The lowest BCUT2D eigenvalue weighted by molar-refractivity contribution is 0.415. The highest BCUT2D eigenvalue weighted by atomic mass is 16.5. The maximum Gasteiger partial charge on any atom is 0.127 e. The molecule has 0 aliphatic rings. The molecule has 3 aromatic carbocycles. The molecule has 0 N–H and O–H groups in total. The Bertz CT molecular complexity index is 737. The molecule has 0 heterocycles.